The van der Waals surface area contributed by atoms with Crippen LogP contribution in [0, 0.1) is 0 Å². The highest BCUT2D eigenvalue weighted by molar-refractivity contribution is 7.80. The Labute approximate surface area is 184 Å². The van der Waals surface area contributed by atoms with Crippen LogP contribution in [0.5, 0.6) is 5.75 Å². The first-order chi connectivity index (χ1) is 13.9. The van der Waals surface area contributed by atoms with Crippen LogP contribution < -0.4 is 26.0 Å². The van der Waals surface area contributed by atoms with Gasteiger partial charge in [-0.2, -0.15) is 0 Å². The SMILES string of the molecule is CCC(=O)NC(=S)Nc1ccc(NC(=S)NC(=O)COc2ccc(Cl)cc2)cc1. The Balaban J connectivity index is 1.76. The van der Waals surface area contributed by atoms with Crippen LogP contribution in [0.2, 0.25) is 5.02 Å². The molecular weight excluding hydrogens is 432 g/mol. The highest BCUT2D eigenvalue weighted by Crippen LogP contribution is 2.15. The summed E-state index contributed by atoms with van der Waals surface area (Å²) >= 11 is 16.0. The molecule has 2 aromatic rings. The van der Waals surface area contributed by atoms with Gasteiger partial charge in [0.2, 0.25) is 5.91 Å². The Morgan fingerprint density at radius 3 is 1.83 bits per heavy atom. The molecule has 0 fully saturated rings. The zero-order valence-corrected chi connectivity index (χ0v) is 17.8. The van der Waals surface area contributed by atoms with Crippen molar-refractivity contribution >= 4 is 69.5 Å². The Kier molecular flexibility index (Phi) is 8.78. The number of carbonyl (C=O) groups is 2. The van der Waals surface area contributed by atoms with E-state index in [4.69, 9.17) is 40.8 Å². The van der Waals surface area contributed by atoms with Crippen LogP contribution in [0.3, 0.4) is 0 Å². The predicted octanol–water partition coefficient (Wildman–Crippen LogP) is 3.46. The molecule has 2 rings (SSSR count). The number of benzene rings is 2. The Morgan fingerprint density at radius 1 is 0.862 bits per heavy atom. The molecule has 7 nitrogen and oxygen atoms in total. The van der Waals surface area contributed by atoms with Crippen LogP contribution in [-0.2, 0) is 9.59 Å². The molecule has 2 amide bonds. The third kappa shape index (κ3) is 8.43. The fraction of sp³-hybridized carbons (Fsp3) is 0.158. The lowest BCUT2D eigenvalue weighted by molar-refractivity contribution is -0.121. The van der Waals surface area contributed by atoms with Gasteiger partial charge in [0.25, 0.3) is 5.91 Å². The summed E-state index contributed by atoms with van der Waals surface area (Å²) in [6.07, 6.45) is 0.346. The van der Waals surface area contributed by atoms with Gasteiger partial charge in [-0.3, -0.25) is 14.9 Å². The molecule has 0 bridgehead atoms. The molecule has 0 heterocycles. The van der Waals surface area contributed by atoms with Gasteiger partial charge in [0.05, 0.1) is 0 Å². The van der Waals surface area contributed by atoms with Gasteiger partial charge >= 0.3 is 0 Å². The molecule has 152 valence electrons. The first kappa shape index (κ1) is 22.5. The predicted molar refractivity (Wildman–Crippen MR) is 122 cm³/mol. The monoisotopic (exact) mass is 450 g/mol. The fourth-order valence-corrected chi connectivity index (χ4v) is 2.61. The largest absolute Gasteiger partial charge is 0.484 e. The number of thiocarbonyl (C=S) groups is 2. The lowest BCUT2D eigenvalue weighted by Crippen LogP contribution is -2.37. The third-order valence-corrected chi connectivity index (χ3v) is 4.07. The maximum atomic E-state index is 11.9. The normalized spacial score (nSPS) is 9.86. The summed E-state index contributed by atoms with van der Waals surface area (Å²) in [6, 6.07) is 13.7. The van der Waals surface area contributed by atoms with Crippen molar-refractivity contribution in [2.75, 3.05) is 17.2 Å². The van der Waals surface area contributed by atoms with E-state index in [0.29, 0.717) is 28.6 Å². The van der Waals surface area contributed by atoms with E-state index in [0.717, 1.165) is 0 Å². The Bertz CT molecular complexity index is 889. The standard InChI is InChI=1S/C19H19ClN4O3S2/c1-2-16(25)23-18(28)21-13-5-7-14(8-6-13)22-19(29)24-17(26)11-27-15-9-3-12(20)4-10-15/h3-10H,2,11H2,1H3,(H2,21,23,25,28)(H2,22,24,26,29). The van der Waals surface area contributed by atoms with E-state index in [1.54, 1.807) is 55.5 Å². The molecule has 0 aliphatic rings. The smallest absolute Gasteiger partial charge is 0.264 e. The number of ether oxygens (including phenoxy) is 1. The van der Waals surface area contributed by atoms with Crippen molar-refractivity contribution in [2.24, 2.45) is 0 Å². The number of amides is 2. The van der Waals surface area contributed by atoms with E-state index in [1.807, 2.05) is 0 Å². The van der Waals surface area contributed by atoms with Crippen LogP contribution in [0.1, 0.15) is 13.3 Å². The van der Waals surface area contributed by atoms with Crippen molar-refractivity contribution in [3.05, 3.63) is 53.6 Å². The molecule has 29 heavy (non-hydrogen) atoms. The minimum Gasteiger partial charge on any atom is -0.484 e. The van der Waals surface area contributed by atoms with E-state index in [2.05, 4.69) is 21.3 Å². The van der Waals surface area contributed by atoms with Crippen molar-refractivity contribution in [3.8, 4) is 5.75 Å². The van der Waals surface area contributed by atoms with Gasteiger partial charge in [0, 0.05) is 22.8 Å². The zero-order chi connectivity index (χ0) is 21.2. The van der Waals surface area contributed by atoms with Gasteiger partial charge in [-0.05, 0) is 73.0 Å². The molecule has 0 saturated heterocycles. The van der Waals surface area contributed by atoms with Crippen LogP contribution >= 0.6 is 36.0 Å². The van der Waals surface area contributed by atoms with Crippen LogP contribution in [0.4, 0.5) is 11.4 Å². The van der Waals surface area contributed by atoms with E-state index >= 15 is 0 Å². The minimum absolute atomic E-state index is 0.140. The third-order valence-electron chi connectivity index (χ3n) is 3.41. The molecule has 0 spiro atoms. The summed E-state index contributed by atoms with van der Waals surface area (Å²) in [5.74, 6) is -0.0331. The second-order valence-corrected chi connectivity index (χ2v) is 6.93. The molecule has 0 unspecified atom stereocenters. The maximum absolute atomic E-state index is 11.9. The van der Waals surface area contributed by atoms with Gasteiger partial charge in [-0.1, -0.05) is 18.5 Å². The molecule has 4 N–H and O–H groups in total. The molecule has 0 aromatic heterocycles. The average molecular weight is 451 g/mol. The summed E-state index contributed by atoms with van der Waals surface area (Å²) < 4.78 is 5.35. The Hall–Kier alpha value is -2.75. The lowest BCUT2D eigenvalue weighted by Gasteiger charge is -2.12. The number of hydrogen-bond acceptors (Lipinski definition) is 5. The first-order valence-electron chi connectivity index (χ1n) is 8.56. The van der Waals surface area contributed by atoms with Crippen molar-refractivity contribution in [3.63, 3.8) is 0 Å². The van der Waals surface area contributed by atoms with Gasteiger partial charge in [-0.15, -0.1) is 0 Å². The summed E-state index contributed by atoms with van der Waals surface area (Å²) in [4.78, 5) is 23.2. The van der Waals surface area contributed by atoms with E-state index in [9.17, 15) is 9.59 Å². The fourth-order valence-electron chi connectivity index (χ4n) is 2.02. The summed E-state index contributed by atoms with van der Waals surface area (Å²) in [5, 5.41) is 11.8. The van der Waals surface area contributed by atoms with Gasteiger partial charge < -0.3 is 20.7 Å². The average Bonchev–Trinajstić information content (AvgIpc) is 2.68. The summed E-state index contributed by atoms with van der Waals surface area (Å²) in [5.41, 5.74) is 1.37. The number of halogens is 1. The first-order valence-corrected chi connectivity index (χ1v) is 9.75. The van der Waals surface area contributed by atoms with Gasteiger partial charge in [-0.25, -0.2) is 0 Å². The Morgan fingerprint density at radius 2 is 1.34 bits per heavy atom. The van der Waals surface area contributed by atoms with Crippen molar-refractivity contribution in [1.29, 1.82) is 0 Å². The molecule has 0 aliphatic carbocycles. The second kappa shape index (κ2) is 11.3. The zero-order valence-electron chi connectivity index (χ0n) is 15.5. The molecule has 0 aliphatic heterocycles. The van der Waals surface area contributed by atoms with E-state index in [-0.39, 0.29) is 22.7 Å². The number of anilines is 2. The van der Waals surface area contributed by atoms with Gasteiger partial charge in [0.1, 0.15) is 5.75 Å². The quantitative estimate of drug-likeness (QED) is 0.501. The van der Waals surface area contributed by atoms with Crippen LogP contribution in [0.15, 0.2) is 48.5 Å². The number of carbonyl (C=O) groups excluding carboxylic acids is 2. The van der Waals surface area contributed by atoms with Crippen molar-refractivity contribution < 1.29 is 14.3 Å². The van der Waals surface area contributed by atoms with Crippen LogP contribution in [0.25, 0.3) is 0 Å². The number of rotatable bonds is 6. The van der Waals surface area contributed by atoms with E-state index in [1.165, 1.54) is 0 Å². The second-order valence-electron chi connectivity index (χ2n) is 5.68. The lowest BCUT2D eigenvalue weighted by atomic mass is 10.3. The highest BCUT2D eigenvalue weighted by Gasteiger charge is 2.07. The topological polar surface area (TPSA) is 91.5 Å². The molecule has 2 aromatic carbocycles. The molecule has 0 atom stereocenters. The van der Waals surface area contributed by atoms with Crippen molar-refractivity contribution in [1.82, 2.24) is 10.6 Å². The summed E-state index contributed by atoms with van der Waals surface area (Å²) in [6.45, 7) is 1.55. The number of hydrogen-bond donors (Lipinski definition) is 4. The van der Waals surface area contributed by atoms with E-state index < -0.39 is 5.91 Å². The molecule has 10 heteroatoms. The summed E-state index contributed by atoms with van der Waals surface area (Å²) in [7, 11) is 0. The van der Waals surface area contributed by atoms with Gasteiger partial charge in [0.15, 0.2) is 16.8 Å². The minimum atomic E-state index is -0.396. The molecular formula is C19H19ClN4O3S2. The molecule has 0 saturated carbocycles. The van der Waals surface area contributed by atoms with Crippen molar-refractivity contribution in [2.45, 2.75) is 13.3 Å². The molecule has 0 radical (unpaired) electrons. The highest BCUT2D eigenvalue weighted by atomic mass is 35.5. The number of nitrogens with one attached hydrogen (secondary N) is 4. The maximum Gasteiger partial charge on any atom is 0.264 e. The van der Waals surface area contributed by atoms with Crippen LogP contribution in [-0.4, -0.2) is 28.6 Å².